The van der Waals surface area contributed by atoms with E-state index in [0.29, 0.717) is 29.2 Å². The smallest absolute Gasteiger partial charge is 0.256 e. The number of halogens is 2. The van der Waals surface area contributed by atoms with Gasteiger partial charge in [-0.05, 0) is 50.6 Å². The maximum Gasteiger partial charge on any atom is 0.256 e. The zero-order chi connectivity index (χ0) is 22.8. The lowest BCUT2D eigenvalue weighted by molar-refractivity contribution is 0.0932. The van der Waals surface area contributed by atoms with Crippen LogP contribution in [-0.2, 0) is 6.54 Å². The summed E-state index contributed by atoms with van der Waals surface area (Å²) in [5.41, 5.74) is 3.61. The number of amides is 1. The molecule has 0 saturated heterocycles. The highest BCUT2D eigenvalue weighted by molar-refractivity contribution is 6.33. The van der Waals surface area contributed by atoms with Crippen molar-refractivity contribution in [3.63, 3.8) is 0 Å². The molecule has 32 heavy (non-hydrogen) atoms. The van der Waals surface area contributed by atoms with Crippen LogP contribution in [0.15, 0.2) is 53.1 Å². The van der Waals surface area contributed by atoms with Crippen molar-refractivity contribution in [2.45, 2.75) is 33.4 Å². The number of aromatic nitrogens is 4. The van der Waals surface area contributed by atoms with E-state index in [-0.39, 0.29) is 16.9 Å². The molecule has 0 bridgehead atoms. The third-order valence-corrected chi connectivity index (χ3v) is 5.39. The van der Waals surface area contributed by atoms with Crippen LogP contribution in [0, 0.1) is 19.7 Å². The summed E-state index contributed by atoms with van der Waals surface area (Å²) in [6, 6.07) is 13.2. The van der Waals surface area contributed by atoms with Gasteiger partial charge in [-0.1, -0.05) is 46.6 Å². The molecule has 1 N–H and O–H groups in total. The summed E-state index contributed by atoms with van der Waals surface area (Å²) in [6.07, 6.45) is 0. The van der Waals surface area contributed by atoms with Crippen LogP contribution in [-0.4, -0.2) is 25.8 Å². The molecule has 2 heterocycles. The number of nitrogens with one attached hydrogen (secondary N) is 1. The number of carbonyl (C=O) groups is 1. The fraction of sp³-hybridized carbons (Fsp3) is 0.217. The number of nitrogens with zero attached hydrogens (tertiary/aromatic N) is 4. The molecule has 0 spiro atoms. The molecule has 1 amide bonds. The highest BCUT2D eigenvalue weighted by Crippen LogP contribution is 2.23. The monoisotopic (exact) mass is 453 g/mol. The van der Waals surface area contributed by atoms with Gasteiger partial charge >= 0.3 is 0 Å². The molecule has 2 aromatic heterocycles. The Morgan fingerprint density at radius 3 is 2.53 bits per heavy atom. The van der Waals surface area contributed by atoms with Crippen molar-refractivity contribution in [1.82, 2.24) is 25.2 Å². The van der Waals surface area contributed by atoms with Crippen molar-refractivity contribution in [1.29, 1.82) is 0 Å². The normalized spacial score (nSPS) is 12.0. The Morgan fingerprint density at radius 2 is 1.84 bits per heavy atom. The third-order valence-electron chi connectivity index (χ3n) is 5.01. The van der Waals surface area contributed by atoms with E-state index in [1.807, 2.05) is 31.2 Å². The molecule has 4 aromatic rings. The van der Waals surface area contributed by atoms with Crippen LogP contribution in [0.3, 0.4) is 0 Å². The summed E-state index contributed by atoms with van der Waals surface area (Å²) < 4.78 is 20.0. The minimum atomic E-state index is -0.569. The van der Waals surface area contributed by atoms with Crippen LogP contribution in [0.4, 0.5) is 4.39 Å². The predicted octanol–water partition coefficient (Wildman–Crippen LogP) is 4.88. The largest absolute Gasteiger partial charge is 0.340 e. The van der Waals surface area contributed by atoms with E-state index >= 15 is 0 Å². The van der Waals surface area contributed by atoms with Gasteiger partial charge < -0.3 is 9.84 Å². The number of carbonyl (C=O) groups excluding carboxylic acids is 1. The number of rotatable bonds is 6. The van der Waals surface area contributed by atoms with E-state index in [4.69, 9.17) is 16.1 Å². The molecule has 4 rings (SSSR count). The SMILES string of the molecule is Cc1ccc(Cn2nc(C)c(C(=O)NC(C)c3nc(-c4ccc(F)cc4)no3)c2Cl)cc1. The van der Waals surface area contributed by atoms with Gasteiger partial charge in [0.05, 0.1) is 17.8 Å². The van der Waals surface area contributed by atoms with Crippen molar-refractivity contribution in [2.75, 3.05) is 0 Å². The van der Waals surface area contributed by atoms with Gasteiger partial charge in [-0.2, -0.15) is 10.1 Å². The van der Waals surface area contributed by atoms with Gasteiger partial charge in [0, 0.05) is 5.56 Å². The molecule has 2 aromatic carbocycles. The minimum absolute atomic E-state index is 0.221. The van der Waals surface area contributed by atoms with E-state index in [1.54, 1.807) is 30.7 Å². The van der Waals surface area contributed by atoms with Gasteiger partial charge in [-0.25, -0.2) is 9.07 Å². The number of hydrogen-bond acceptors (Lipinski definition) is 5. The first-order valence-corrected chi connectivity index (χ1v) is 10.4. The minimum Gasteiger partial charge on any atom is -0.340 e. The first-order valence-electron chi connectivity index (χ1n) is 10.0. The van der Waals surface area contributed by atoms with Gasteiger partial charge in [-0.15, -0.1) is 0 Å². The second-order valence-corrected chi connectivity index (χ2v) is 7.91. The molecule has 0 aliphatic rings. The molecule has 1 atom stereocenters. The summed E-state index contributed by atoms with van der Waals surface area (Å²) in [4.78, 5) is 17.2. The van der Waals surface area contributed by atoms with Crippen molar-refractivity contribution in [2.24, 2.45) is 0 Å². The van der Waals surface area contributed by atoms with Gasteiger partial charge in [-0.3, -0.25) is 4.79 Å². The molecular formula is C23H21ClFN5O2. The van der Waals surface area contributed by atoms with E-state index in [9.17, 15) is 9.18 Å². The van der Waals surface area contributed by atoms with Crippen LogP contribution in [0.5, 0.6) is 0 Å². The summed E-state index contributed by atoms with van der Waals surface area (Å²) in [7, 11) is 0. The molecule has 0 aliphatic carbocycles. The Balaban J connectivity index is 1.48. The zero-order valence-electron chi connectivity index (χ0n) is 17.8. The van der Waals surface area contributed by atoms with E-state index in [2.05, 4.69) is 20.6 Å². The van der Waals surface area contributed by atoms with Gasteiger partial charge in [0.1, 0.15) is 17.0 Å². The van der Waals surface area contributed by atoms with Crippen LogP contribution in [0.25, 0.3) is 11.4 Å². The fourth-order valence-electron chi connectivity index (χ4n) is 3.24. The quantitative estimate of drug-likeness (QED) is 0.449. The second-order valence-electron chi connectivity index (χ2n) is 7.55. The van der Waals surface area contributed by atoms with Crippen LogP contribution < -0.4 is 5.32 Å². The summed E-state index contributed by atoms with van der Waals surface area (Å²) in [5.74, 6) is -0.218. The molecule has 1 unspecified atom stereocenters. The fourth-order valence-corrected chi connectivity index (χ4v) is 3.56. The van der Waals surface area contributed by atoms with Crippen molar-refractivity contribution >= 4 is 17.5 Å². The maximum absolute atomic E-state index is 13.1. The third kappa shape index (κ3) is 4.55. The molecule has 0 saturated carbocycles. The Hall–Kier alpha value is -3.52. The maximum atomic E-state index is 13.1. The van der Waals surface area contributed by atoms with Gasteiger partial charge in [0.2, 0.25) is 11.7 Å². The van der Waals surface area contributed by atoms with Crippen molar-refractivity contribution in [3.05, 3.63) is 87.8 Å². The highest BCUT2D eigenvalue weighted by Gasteiger charge is 2.24. The lowest BCUT2D eigenvalue weighted by Crippen LogP contribution is -2.27. The summed E-state index contributed by atoms with van der Waals surface area (Å²) in [6.45, 7) is 5.92. The summed E-state index contributed by atoms with van der Waals surface area (Å²) in [5, 5.41) is 11.4. The average Bonchev–Trinajstić information content (AvgIpc) is 3.35. The number of hydrogen-bond donors (Lipinski definition) is 1. The molecular weight excluding hydrogens is 433 g/mol. The van der Waals surface area contributed by atoms with E-state index in [1.165, 1.54) is 12.1 Å². The topological polar surface area (TPSA) is 85.8 Å². The predicted molar refractivity (Wildman–Crippen MR) is 118 cm³/mol. The van der Waals surface area contributed by atoms with Crippen LogP contribution in [0.2, 0.25) is 5.15 Å². The molecule has 7 nitrogen and oxygen atoms in total. The molecule has 0 fully saturated rings. The zero-order valence-corrected chi connectivity index (χ0v) is 18.5. The Labute approximate surface area is 189 Å². The standard InChI is InChI=1S/C23H21ClFN5O2/c1-13-4-6-16(7-5-13)12-30-20(24)19(14(2)28-30)22(31)26-15(3)23-27-21(29-32-23)17-8-10-18(25)11-9-17/h4-11,15H,12H2,1-3H3,(H,26,31). The van der Waals surface area contributed by atoms with Crippen LogP contribution in [0.1, 0.15) is 46.0 Å². The van der Waals surface area contributed by atoms with E-state index < -0.39 is 11.9 Å². The average molecular weight is 454 g/mol. The number of benzene rings is 2. The molecule has 0 radical (unpaired) electrons. The Morgan fingerprint density at radius 1 is 1.16 bits per heavy atom. The molecule has 164 valence electrons. The first-order chi connectivity index (χ1) is 15.3. The highest BCUT2D eigenvalue weighted by atomic mass is 35.5. The van der Waals surface area contributed by atoms with Crippen LogP contribution >= 0.6 is 11.6 Å². The number of aryl methyl sites for hydroxylation is 2. The molecule has 9 heteroatoms. The molecule has 0 aliphatic heterocycles. The lowest BCUT2D eigenvalue weighted by atomic mass is 10.1. The van der Waals surface area contributed by atoms with Crippen molar-refractivity contribution in [3.8, 4) is 11.4 Å². The Kier molecular flexibility index (Phi) is 6.05. The second kappa shape index (κ2) is 8.92. The lowest BCUT2D eigenvalue weighted by Gasteiger charge is -2.09. The van der Waals surface area contributed by atoms with E-state index in [0.717, 1.165) is 11.1 Å². The first kappa shape index (κ1) is 21.7. The van der Waals surface area contributed by atoms with Crippen molar-refractivity contribution < 1.29 is 13.7 Å². The van der Waals surface area contributed by atoms with Gasteiger partial charge in [0.15, 0.2) is 0 Å². The summed E-state index contributed by atoms with van der Waals surface area (Å²) >= 11 is 6.49. The Bertz CT molecular complexity index is 1250. The van der Waals surface area contributed by atoms with Gasteiger partial charge in [0.25, 0.3) is 5.91 Å².